The molecule has 1 aliphatic carbocycles. The lowest BCUT2D eigenvalue weighted by atomic mass is 10.2. The first-order valence-corrected chi connectivity index (χ1v) is 8.35. The van der Waals surface area contributed by atoms with E-state index in [1.807, 2.05) is 37.4 Å². The molecular weight excluding hydrogens is 244 g/mol. The third kappa shape index (κ3) is 4.16. The van der Waals surface area contributed by atoms with Crippen LogP contribution in [0.25, 0.3) is 0 Å². The van der Waals surface area contributed by atoms with E-state index in [1.165, 1.54) is 25.0 Å². The molecule has 1 N–H and O–H groups in total. The number of carbonyl (C=O) groups is 1. The van der Waals surface area contributed by atoms with Crippen molar-refractivity contribution in [1.82, 2.24) is 10.2 Å². The molecule has 1 saturated carbocycles. The fourth-order valence-corrected chi connectivity index (χ4v) is 3.94. The van der Waals surface area contributed by atoms with Crippen molar-refractivity contribution >= 4 is 17.7 Å². The van der Waals surface area contributed by atoms with Gasteiger partial charge in [-0.25, -0.2) is 0 Å². The minimum atomic E-state index is -0.0482. The van der Waals surface area contributed by atoms with Crippen molar-refractivity contribution in [2.24, 2.45) is 0 Å². The first-order valence-electron chi connectivity index (χ1n) is 7.30. The van der Waals surface area contributed by atoms with Crippen LogP contribution >= 0.6 is 11.8 Å². The number of thioether (sulfide) groups is 1. The van der Waals surface area contributed by atoms with Gasteiger partial charge in [-0.3, -0.25) is 4.79 Å². The van der Waals surface area contributed by atoms with E-state index in [0.717, 1.165) is 13.1 Å². The highest BCUT2D eigenvalue weighted by Gasteiger charge is 2.30. The second-order valence-electron chi connectivity index (χ2n) is 4.93. The first kappa shape index (κ1) is 15.8. The van der Waals surface area contributed by atoms with Crippen LogP contribution in [0.1, 0.15) is 47.0 Å². The van der Waals surface area contributed by atoms with Crippen molar-refractivity contribution in [3.63, 3.8) is 0 Å². The molecule has 0 aromatic heterocycles. The third-order valence-electron chi connectivity index (χ3n) is 3.74. The van der Waals surface area contributed by atoms with Crippen LogP contribution in [0.3, 0.4) is 0 Å². The molecule has 1 rings (SSSR count). The Bertz CT molecular complexity index is 256. The van der Waals surface area contributed by atoms with Crippen molar-refractivity contribution in [1.29, 1.82) is 0 Å². The minimum absolute atomic E-state index is 0.0482. The van der Waals surface area contributed by atoms with Crippen LogP contribution in [0.15, 0.2) is 0 Å². The second kappa shape index (κ2) is 8.05. The summed E-state index contributed by atoms with van der Waals surface area (Å²) >= 11 is 2.03. The van der Waals surface area contributed by atoms with Gasteiger partial charge >= 0.3 is 0 Å². The van der Waals surface area contributed by atoms with Crippen molar-refractivity contribution in [3.8, 4) is 0 Å². The van der Waals surface area contributed by atoms with Gasteiger partial charge in [0, 0.05) is 24.4 Å². The largest absolute Gasteiger partial charge is 0.342 e. The standard InChI is InChI=1S/C14H28N2OS/c1-5-16(6-2)14(17)11(4)15-12-9-8-10-13(12)18-7-3/h11-13,15H,5-10H2,1-4H3. The zero-order valence-corrected chi connectivity index (χ0v) is 13.1. The molecule has 0 radical (unpaired) electrons. The lowest BCUT2D eigenvalue weighted by Gasteiger charge is -2.28. The Morgan fingerprint density at radius 3 is 2.56 bits per heavy atom. The fraction of sp³-hybridized carbons (Fsp3) is 0.929. The summed E-state index contributed by atoms with van der Waals surface area (Å²) in [5, 5.41) is 4.25. The molecule has 3 unspecified atom stereocenters. The smallest absolute Gasteiger partial charge is 0.239 e. The van der Waals surface area contributed by atoms with Gasteiger partial charge in [-0.2, -0.15) is 11.8 Å². The average molecular weight is 272 g/mol. The maximum absolute atomic E-state index is 12.2. The van der Waals surface area contributed by atoms with Crippen LogP contribution in [0, 0.1) is 0 Å². The lowest BCUT2D eigenvalue weighted by molar-refractivity contribution is -0.132. The Balaban J connectivity index is 2.47. The van der Waals surface area contributed by atoms with E-state index in [1.54, 1.807) is 0 Å². The third-order valence-corrected chi connectivity index (χ3v) is 5.07. The normalized spacial score (nSPS) is 25.1. The summed E-state index contributed by atoms with van der Waals surface area (Å²) in [6, 6.07) is 0.470. The van der Waals surface area contributed by atoms with Crippen molar-refractivity contribution in [2.75, 3.05) is 18.8 Å². The predicted octanol–water partition coefficient (Wildman–Crippen LogP) is 2.51. The van der Waals surface area contributed by atoms with E-state index in [4.69, 9.17) is 0 Å². The quantitative estimate of drug-likeness (QED) is 0.773. The van der Waals surface area contributed by atoms with Gasteiger partial charge in [-0.05, 0) is 39.4 Å². The van der Waals surface area contributed by atoms with Crippen LogP contribution in [-0.4, -0.2) is 47.0 Å². The molecule has 1 aliphatic rings. The molecule has 0 aromatic rings. The summed E-state index contributed by atoms with van der Waals surface area (Å²) in [6.45, 7) is 9.91. The first-order chi connectivity index (χ1) is 8.63. The van der Waals surface area contributed by atoms with Gasteiger partial charge in [-0.15, -0.1) is 0 Å². The number of nitrogens with zero attached hydrogens (tertiary/aromatic N) is 1. The average Bonchev–Trinajstić information content (AvgIpc) is 2.78. The van der Waals surface area contributed by atoms with Gasteiger partial charge in [-0.1, -0.05) is 13.3 Å². The van der Waals surface area contributed by atoms with E-state index in [0.29, 0.717) is 11.3 Å². The van der Waals surface area contributed by atoms with Crippen LogP contribution in [-0.2, 0) is 4.79 Å². The van der Waals surface area contributed by atoms with Gasteiger partial charge in [0.05, 0.1) is 6.04 Å². The number of carbonyl (C=O) groups excluding carboxylic acids is 1. The highest BCUT2D eigenvalue weighted by atomic mass is 32.2. The zero-order chi connectivity index (χ0) is 13.5. The Morgan fingerprint density at radius 1 is 1.33 bits per heavy atom. The van der Waals surface area contributed by atoms with Crippen LogP contribution < -0.4 is 5.32 Å². The molecule has 3 atom stereocenters. The van der Waals surface area contributed by atoms with Crippen molar-refractivity contribution in [2.45, 2.75) is 64.3 Å². The minimum Gasteiger partial charge on any atom is -0.342 e. The monoisotopic (exact) mass is 272 g/mol. The molecular formula is C14H28N2OS. The molecule has 1 amide bonds. The highest BCUT2D eigenvalue weighted by molar-refractivity contribution is 7.99. The lowest BCUT2D eigenvalue weighted by Crippen LogP contribution is -2.49. The number of hydrogen-bond donors (Lipinski definition) is 1. The Labute approximate surface area is 116 Å². The van der Waals surface area contributed by atoms with Gasteiger partial charge in [0.15, 0.2) is 0 Å². The summed E-state index contributed by atoms with van der Waals surface area (Å²) in [7, 11) is 0. The maximum Gasteiger partial charge on any atom is 0.239 e. The Hall–Kier alpha value is -0.220. The summed E-state index contributed by atoms with van der Waals surface area (Å²) < 4.78 is 0. The molecule has 0 aromatic carbocycles. The number of amides is 1. The van der Waals surface area contributed by atoms with E-state index < -0.39 is 0 Å². The molecule has 3 nitrogen and oxygen atoms in total. The Morgan fingerprint density at radius 2 is 2.00 bits per heavy atom. The van der Waals surface area contributed by atoms with Crippen molar-refractivity contribution in [3.05, 3.63) is 0 Å². The highest BCUT2D eigenvalue weighted by Crippen LogP contribution is 2.30. The molecule has 0 bridgehead atoms. The molecule has 1 fully saturated rings. The fourth-order valence-electron chi connectivity index (χ4n) is 2.73. The number of hydrogen-bond acceptors (Lipinski definition) is 3. The Kier molecular flexibility index (Phi) is 7.08. The number of likely N-dealkylation sites (N-methyl/N-ethyl adjacent to an activating group) is 1. The zero-order valence-electron chi connectivity index (χ0n) is 12.2. The summed E-state index contributed by atoms with van der Waals surface area (Å²) in [6.07, 6.45) is 3.80. The molecule has 106 valence electrons. The van der Waals surface area contributed by atoms with Gasteiger partial charge < -0.3 is 10.2 Å². The molecule has 0 spiro atoms. The molecule has 0 heterocycles. The van der Waals surface area contributed by atoms with E-state index in [-0.39, 0.29) is 11.9 Å². The van der Waals surface area contributed by atoms with Gasteiger partial charge in [0.1, 0.15) is 0 Å². The SMILES string of the molecule is CCSC1CCCC1NC(C)C(=O)N(CC)CC. The summed E-state index contributed by atoms with van der Waals surface area (Å²) in [5.74, 6) is 1.41. The molecule has 4 heteroatoms. The predicted molar refractivity (Wildman–Crippen MR) is 80.1 cm³/mol. The van der Waals surface area contributed by atoms with Gasteiger partial charge in [0.25, 0.3) is 0 Å². The van der Waals surface area contributed by atoms with Crippen molar-refractivity contribution < 1.29 is 4.79 Å². The topological polar surface area (TPSA) is 32.3 Å². The van der Waals surface area contributed by atoms with E-state index in [2.05, 4.69) is 12.2 Å². The summed E-state index contributed by atoms with van der Waals surface area (Å²) in [4.78, 5) is 14.1. The molecule has 0 saturated heterocycles. The van der Waals surface area contributed by atoms with Crippen LogP contribution in [0.4, 0.5) is 0 Å². The van der Waals surface area contributed by atoms with E-state index >= 15 is 0 Å². The van der Waals surface area contributed by atoms with E-state index in [9.17, 15) is 4.79 Å². The van der Waals surface area contributed by atoms with Crippen LogP contribution in [0.2, 0.25) is 0 Å². The molecule has 18 heavy (non-hydrogen) atoms. The number of nitrogens with one attached hydrogen (secondary N) is 1. The molecule has 0 aliphatic heterocycles. The van der Waals surface area contributed by atoms with Gasteiger partial charge in [0.2, 0.25) is 5.91 Å². The van der Waals surface area contributed by atoms with Crippen LogP contribution in [0.5, 0.6) is 0 Å². The second-order valence-corrected chi connectivity index (χ2v) is 6.45. The summed E-state index contributed by atoms with van der Waals surface area (Å²) in [5.41, 5.74) is 0. The maximum atomic E-state index is 12.2. The number of rotatable bonds is 7.